The molecule has 156 valence electrons. The highest BCUT2D eigenvalue weighted by molar-refractivity contribution is 7.88. The zero-order valence-electron chi connectivity index (χ0n) is 16.2. The van der Waals surface area contributed by atoms with E-state index in [0.717, 1.165) is 32.1 Å². The molecule has 1 saturated heterocycles. The summed E-state index contributed by atoms with van der Waals surface area (Å²) in [5.41, 5.74) is 0.527. The molecule has 0 unspecified atom stereocenters. The lowest BCUT2D eigenvalue weighted by Gasteiger charge is -2.37. The van der Waals surface area contributed by atoms with Crippen molar-refractivity contribution in [1.29, 1.82) is 0 Å². The van der Waals surface area contributed by atoms with Gasteiger partial charge in [0.1, 0.15) is 0 Å². The van der Waals surface area contributed by atoms with Crippen LogP contribution < -0.4 is 0 Å². The van der Waals surface area contributed by atoms with Gasteiger partial charge in [-0.25, -0.2) is 12.7 Å². The number of piperidine rings is 1. The first-order valence-electron chi connectivity index (χ1n) is 9.96. The third-order valence-electron chi connectivity index (χ3n) is 5.95. The molecule has 1 amide bonds. The molecule has 1 saturated carbocycles. The van der Waals surface area contributed by atoms with E-state index >= 15 is 0 Å². The molecule has 5 nitrogen and oxygen atoms in total. The minimum atomic E-state index is -3.55. The first kappa shape index (κ1) is 21.9. The molecular formula is C20H28Cl2N2O3S. The molecule has 0 radical (unpaired) electrons. The average Bonchev–Trinajstić information content (AvgIpc) is 2.70. The second-order valence-electron chi connectivity index (χ2n) is 7.93. The van der Waals surface area contributed by atoms with E-state index in [1.165, 1.54) is 10.7 Å². The summed E-state index contributed by atoms with van der Waals surface area (Å²) in [5, 5.41) is 0.818. The van der Waals surface area contributed by atoms with E-state index in [-0.39, 0.29) is 24.1 Å². The van der Waals surface area contributed by atoms with Crippen LogP contribution in [0.1, 0.15) is 50.5 Å². The molecule has 1 aromatic carbocycles. The van der Waals surface area contributed by atoms with E-state index in [0.29, 0.717) is 34.6 Å². The zero-order chi connectivity index (χ0) is 20.3. The maximum Gasteiger partial charge on any atom is 0.227 e. The Balaban J connectivity index is 1.66. The molecule has 1 aliphatic heterocycles. The van der Waals surface area contributed by atoms with Gasteiger partial charge in [0.2, 0.25) is 15.9 Å². The van der Waals surface area contributed by atoms with Crippen LogP contribution in [0.4, 0.5) is 0 Å². The highest BCUT2D eigenvalue weighted by atomic mass is 35.5. The Labute approximate surface area is 178 Å². The number of hydrogen-bond acceptors (Lipinski definition) is 3. The Hall–Kier alpha value is -0.820. The average molecular weight is 447 g/mol. The van der Waals surface area contributed by atoms with Crippen molar-refractivity contribution in [2.75, 3.05) is 20.1 Å². The predicted octanol–water partition coefficient (Wildman–Crippen LogP) is 4.33. The lowest BCUT2D eigenvalue weighted by atomic mass is 9.92. The number of rotatable bonds is 5. The van der Waals surface area contributed by atoms with Crippen LogP contribution in [-0.4, -0.2) is 49.7 Å². The molecule has 0 aromatic heterocycles. The van der Waals surface area contributed by atoms with E-state index < -0.39 is 10.0 Å². The fraction of sp³-hybridized carbons (Fsp3) is 0.650. The summed E-state index contributed by atoms with van der Waals surface area (Å²) in [6.07, 6.45) is 7.09. The van der Waals surface area contributed by atoms with Crippen molar-refractivity contribution < 1.29 is 13.2 Å². The second kappa shape index (κ2) is 9.33. The van der Waals surface area contributed by atoms with E-state index in [9.17, 15) is 13.2 Å². The Kier molecular flexibility index (Phi) is 7.29. The number of amides is 1. The van der Waals surface area contributed by atoms with Gasteiger partial charge in [-0.1, -0.05) is 48.5 Å². The van der Waals surface area contributed by atoms with E-state index in [1.54, 1.807) is 18.2 Å². The van der Waals surface area contributed by atoms with Gasteiger partial charge in [-0.15, -0.1) is 0 Å². The molecule has 1 atom stereocenters. The maximum atomic E-state index is 13.0. The molecule has 1 heterocycles. The number of hydrogen-bond donors (Lipinski definition) is 0. The topological polar surface area (TPSA) is 57.7 Å². The SMILES string of the molecule is CN(C(=O)[C@@H]1CCCN(S(=O)(=O)Cc2ccc(Cl)cc2Cl)C1)C1CCCCC1. The van der Waals surface area contributed by atoms with Crippen LogP contribution in [0.25, 0.3) is 0 Å². The summed E-state index contributed by atoms with van der Waals surface area (Å²) < 4.78 is 27.3. The van der Waals surface area contributed by atoms with Crippen LogP contribution in [0.5, 0.6) is 0 Å². The van der Waals surface area contributed by atoms with Crippen LogP contribution in [-0.2, 0) is 20.6 Å². The minimum Gasteiger partial charge on any atom is -0.342 e. The molecule has 3 rings (SSSR count). The van der Waals surface area contributed by atoms with Crippen LogP contribution >= 0.6 is 23.2 Å². The molecule has 0 bridgehead atoms. The third kappa shape index (κ3) is 5.21. The Morgan fingerprint density at radius 1 is 1.14 bits per heavy atom. The van der Waals surface area contributed by atoms with Gasteiger partial charge < -0.3 is 4.90 Å². The summed E-state index contributed by atoms with van der Waals surface area (Å²) in [6.45, 7) is 0.702. The quantitative estimate of drug-likeness (QED) is 0.675. The largest absolute Gasteiger partial charge is 0.342 e. The summed E-state index contributed by atoms with van der Waals surface area (Å²) in [7, 11) is -1.68. The van der Waals surface area contributed by atoms with Crippen molar-refractivity contribution in [3.05, 3.63) is 33.8 Å². The van der Waals surface area contributed by atoms with Gasteiger partial charge in [-0.05, 0) is 43.4 Å². The molecule has 2 fully saturated rings. The molecule has 8 heteroatoms. The number of benzene rings is 1. The normalized spacial score (nSPS) is 22.2. The maximum absolute atomic E-state index is 13.0. The van der Waals surface area contributed by atoms with Crippen LogP contribution in [0.15, 0.2) is 18.2 Å². The van der Waals surface area contributed by atoms with Crippen molar-refractivity contribution in [3.8, 4) is 0 Å². The Morgan fingerprint density at radius 2 is 1.86 bits per heavy atom. The minimum absolute atomic E-state index is 0.0799. The zero-order valence-corrected chi connectivity index (χ0v) is 18.6. The highest BCUT2D eigenvalue weighted by Gasteiger charge is 2.35. The number of halogens is 2. The Bertz CT molecular complexity index is 810. The van der Waals surface area contributed by atoms with Crippen molar-refractivity contribution in [1.82, 2.24) is 9.21 Å². The van der Waals surface area contributed by atoms with Crippen LogP contribution in [0.2, 0.25) is 10.0 Å². The molecular weight excluding hydrogens is 419 g/mol. The van der Waals surface area contributed by atoms with Crippen molar-refractivity contribution in [2.45, 2.75) is 56.7 Å². The van der Waals surface area contributed by atoms with Gasteiger partial charge in [0.15, 0.2) is 0 Å². The molecule has 0 N–H and O–H groups in total. The van der Waals surface area contributed by atoms with Crippen molar-refractivity contribution in [3.63, 3.8) is 0 Å². The third-order valence-corrected chi connectivity index (χ3v) is 8.33. The Morgan fingerprint density at radius 3 is 2.54 bits per heavy atom. The van der Waals surface area contributed by atoms with E-state index in [1.807, 2.05) is 11.9 Å². The van der Waals surface area contributed by atoms with E-state index in [4.69, 9.17) is 23.2 Å². The van der Waals surface area contributed by atoms with Gasteiger partial charge in [0.05, 0.1) is 11.7 Å². The van der Waals surface area contributed by atoms with E-state index in [2.05, 4.69) is 0 Å². The van der Waals surface area contributed by atoms with Crippen LogP contribution in [0.3, 0.4) is 0 Å². The first-order valence-corrected chi connectivity index (χ1v) is 12.3. The molecule has 2 aliphatic rings. The monoisotopic (exact) mass is 446 g/mol. The standard InChI is InChI=1S/C20H28Cl2N2O3S/c1-23(18-7-3-2-4-8-18)20(25)15-6-5-11-24(13-15)28(26,27)14-16-9-10-17(21)12-19(16)22/h9-10,12,15,18H,2-8,11,13-14H2,1H3/t15-/m1/s1. The lowest BCUT2D eigenvalue weighted by Crippen LogP contribution is -2.48. The number of carbonyl (C=O) groups is 1. The predicted molar refractivity (Wildman–Crippen MR) is 113 cm³/mol. The van der Waals surface area contributed by atoms with Gasteiger partial charge in [-0.3, -0.25) is 4.79 Å². The highest BCUT2D eigenvalue weighted by Crippen LogP contribution is 2.28. The summed E-state index contributed by atoms with van der Waals surface area (Å²) in [5.74, 6) is -0.366. The first-order chi connectivity index (χ1) is 13.3. The molecule has 1 aromatic rings. The second-order valence-corrected chi connectivity index (χ2v) is 10.7. The number of carbonyl (C=O) groups excluding carboxylic acids is 1. The summed E-state index contributed by atoms with van der Waals surface area (Å²) in [6, 6.07) is 5.13. The van der Waals surface area contributed by atoms with Crippen LogP contribution in [0, 0.1) is 5.92 Å². The molecule has 1 aliphatic carbocycles. The fourth-order valence-electron chi connectivity index (χ4n) is 4.26. The molecule has 28 heavy (non-hydrogen) atoms. The van der Waals surface area contributed by atoms with Gasteiger partial charge >= 0.3 is 0 Å². The van der Waals surface area contributed by atoms with Crippen molar-refractivity contribution in [2.24, 2.45) is 5.92 Å². The fourth-order valence-corrected chi connectivity index (χ4v) is 6.46. The number of sulfonamides is 1. The van der Waals surface area contributed by atoms with Gasteiger partial charge in [0, 0.05) is 36.2 Å². The van der Waals surface area contributed by atoms with Crippen molar-refractivity contribution >= 4 is 39.1 Å². The van der Waals surface area contributed by atoms with Gasteiger partial charge in [-0.2, -0.15) is 0 Å². The lowest BCUT2D eigenvalue weighted by molar-refractivity contribution is -0.138. The number of nitrogens with zero attached hydrogens (tertiary/aromatic N) is 2. The summed E-state index contributed by atoms with van der Waals surface area (Å²) in [4.78, 5) is 14.9. The van der Waals surface area contributed by atoms with Gasteiger partial charge in [0.25, 0.3) is 0 Å². The summed E-state index contributed by atoms with van der Waals surface area (Å²) >= 11 is 12.1. The molecule has 0 spiro atoms. The smallest absolute Gasteiger partial charge is 0.227 e.